The summed E-state index contributed by atoms with van der Waals surface area (Å²) in [7, 11) is 4.37. The lowest BCUT2D eigenvalue weighted by molar-refractivity contribution is -0.284. The SMILES string of the molecule is C[C@@H]1CC2=C3[C@H]4C5=C6[C@@H]7C[C@@]41C[C@@H]1CSSC[C@H]4CCCC[C@@H]4[C@@H](C=C17)C[C@H]1[C@]64C(=O)O/C6=C(/O)[C@@H]7[C@H](C#CCc8ccc(CCCN)c9c8[C@]1(OC9=O)[C@]64CC5)C[C@H]1[C@@H]4C[C@H](CN1[C@H]7C1CC5(CCCC5)C5(CCCC5)C1)[C@@H](CC2)N3C4. The number of benzene rings is 1. The maximum absolute atomic E-state index is 17.5. The zero-order valence-electron chi connectivity index (χ0n) is 49.5. The Kier molecular flexibility index (Phi) is 10.5. The highest BCUT2D eigenvalue weighted by atomic mass is 33.1. The minimum atomic E-state index is -1.21. The van der Waals surface area contributed by atoms with Crippen molar-refractivity contribution in [2.24, 2.45) is 110 Å². The Morgan fingerprint density at radius 1 is 0.843 bits per heavy atom. The summed E-state index contributed by atoms with van der Waals surface area (Å²) in [6.45, 7) is 5.47. The number of aryl methyl sites for hydroxylation is 1. The Labute approximate surface area is 501 Å². The van der Waals surface area contributed by atoms with E-state index in [1.807, 2.05) is 0 Å². The minimum Gasteiger partial charge on any atom is -0.508 e. The van der Waals surface area contributed by atoms with Crippen LogP contribution in [0.25, 0.3) is 0 Å². The lowest BCUT2D eigenvalue weighted by atomic mass is 9.25. The first-order valence-corrected chi connectivity index (χ1v) is 37.2. The predicted octanol–water partition coefficient (Wildman–Crippen LogP) is 13.9. The van der Waals surface area contributed by atoms with E-state index in [1.165, 1.54) is 133 Å². The van der Waals surface area contributed by atoms with Gasteiger partial charge in [-0.05, 0) is 215 Å². The van der Waals surface area contributed by atoms with Gasteiger partial charge >= 0.3 is 11.9 Å². The van der Waals surface area contributed by atoms with Crippen LogP contribution >= 0.6 is 21.6 Å². The van der Waals surface area contributed by atoms with E-state index in [0.717, 1.165) is 73.2 Å². The lowest BCUT2D eigenvalue weighted by Crippen LogP contribution is -2.79. The number of piperidine rings is 3. The third-order valence-electron chi connectivity index (χ3n) is 30.5. The number of allylic oxidation sites excluding steroid dienone is 4. The van der Waals surface area contributed by atoms with Gasteiger partial charge in [0, 0.05) is 90.0 Å². The number of nitrogens with two attached hydrogens (primary N) is 1. The number of nitrogens with zero attached hydrogens (tertiary/aromatic N) is 2. The first kappa shape index (κ1) is 50.9. The topological polar surface area (TPSA) is 105 Å². The fourth-order valence-corrected chi connectivity index (χ4v) is 31.0. The van der Waals surface area contributed by atoms with Crippen LogP contribution in [-0.4, -0.2) is 76.1 Å². The number of carbonyl (C=O) groups excluding carboxylic acids is 2. The molecule has 0 radical (unpaired) electrons. The monoisotopic (exact) mass is 1150 g/mol. The third-order valence-corrected chi connectivity index (χ3v) is 33.1. The van der Waals surface area contributed by atoms with Gasteiger partial charge in [-0.2, -0.15) is 0 Å². The molecule has 7 aliphatic heterocycles. The molecule has 83 heavy (non-hydrogen) atoms. The highest BCUT2D eigenvalue weighted by Gasteiger charge is 2.95. The standard InChI is InChI=1S/C73H89N3O5S2/c1-39-26-43-17-18-54-46-27-47-36-75(54)63(43)61-51-19-24-71-65-64(77)58-42(29-55(47)76(35-46)62(58)48-31-68(20-4-5-21-68)69(32-48)22-6-7-23-69)12-8-11-41-16-15-40(13-9-25-74)57-59(41)73(71,81-66(57)78)56-30-45-28-52-49(38-83-82-37-44-10-2-3-14-50(44)45)33-70(39,61)34-53(52)60(51)72(56,71)67(79)80-65/h15-16,28,39,42,44-50,53-56,58,61-62,77H,2-7,9-11,13-14,17-27,29-38,74H2,1H3/b52-28?,65-64+/t39-,42-,44-,45+,46-,47-,49-,50+,53-,54-,55+,56+,58-,61-,62+,70-,71-,72-,73+/m1/s1. The van der Waals surface area contributed by atoms with E-state index in [9.17, 15) is 5.11 Å². The van der Waals surface area contributed by atoms with Crippen LogP contribution in [0.3, 0.4) is 0 Å². The van der Waals surface area contributed by atoms with Crippen LogP contribution in [0.5, 0.6) is 0 Å². The van der Waals surface area contributed by atoms with Gasteiger partial charge in [0.25, 0.3) is 0 Å². The van der Waals surface area contributed by atoms with Crippen LogP contribution in [0.2, 0.25) is 0 Å². The summed E-state index contributed by atoms with van der Waals surface area (Å²) in [6, 6.07) is 5.56. The molecule has 1 aromatic rings. The Hall–Kier alpha value is -3.10. The molecule has 438 valence electrons. The van der Waals surface area contributed by atoms with Crippen LogP contribution in [-0.2, 0) is 32.7 Å². The van der Waals surface area contributed by atoms with Crippen molar-refractivity contribution in [1.82, 2.24) is 9.80 Å². The summed E-state index contributed by atoms with van der Waals surface area (Å²) in [5, 5.41) is 15.0. The van der Waals surface area contributed by atoms with E-state index in [4.69, 9.17) is 15.2 Å². The number of ether oxygens (including phenoxy) is 2. The summed E-state index contributed by atoms with van der Waals surface area (Å²) in [5.74, 6) is 14.6. The largest absolute Gasteiger partial charge is 0.508 e. The molecule has 0 unspecified atom stereocenters. The molecule has 6 saturated carbocycles. The molecular weight excluding hydrogens is 1060 g/mol. The van der Waals surface area contributed by atoms with Crippen molar-refractivity contribution in [3.63, 3.8) is 0 Å². The van der Waals surface area contributed by atoms with E-state index in [1.54, 1.807) is 22.4 Å². The molecule has 11 aliphatic carbocycles. The molecule has 19 atom stereocenters. The van der Waals surface area contributed by atoms with Gasteiger partial charge in [0.05, 0.1) is 11.0 Å². The van der Waals surface area contributed by atoms with Crippen molar-refractivity contribution in [2.45, 2.75) is 204 Å². The lowest BCUT2D eigenvalue weighted by Gasteiger charge is -2.75. The molecule has 3 N–H and O–H groups in total. The van der Waals surface area contributed by atoms with E-state index in [-0.39, 0.29) is 58.9 Å². The molecule has 6 bridgehead atoms. The van der Waals surface area contributed by atoms with Crippen LogP contribution in [0.4, 0.5) is 0 Å². The predicted molar refractivity (Wildman–Crippen MR) is 324 cm³/mol. The molecule has 7 heterocycles. The van der Waals surface area contributed by atoms with Gasteiger partial charge in [-0.1, -0.05) is 114 Å². The first-order valence-electron chi connectivity index (χ1n) is 34.8. The smallest absolute Gasteiger partial charge is 0.339 e. The van der Waals surface area contributed by atoms with Crippen molar-refractivity contribution in [1.29, 1.82) is 0 Å². The van der Waals surface area contributed by atoms with E-state index in [2.05, 4.69) is 68.4 Å². The Bertz CT molecular complexity index is 3290. The minimum absolute atomic E-state index is 0.0878. The molecule has 1 aromatic carbocycles. The number of esters is 2. The Balaban J connectivity index is 0.919. The molecule has 10 heteroatoms. The molecule has 6 spiro atoms. The highest BCUT2D eigenvalue weighted by Crippen LogP contribution is 2.90. The second-order valence-electron chi connectivity index (χ2n) is 32.5. The summed E-state index contributed by atoms with van der Waals surface area (Å²) in [6.07, 6.45) is 33.9. The van der Waals surface area contributed by atoms with Crippen molar-refractivity contribution in [3.05, 3.63) is 80.0 Å². The number of aliphatic hydroxyl groups excluding tert-OH is 1. The van der Waals surface area contributed by atoms with Gasteiger partial charge in [0.2, 0.25) is 0 Å². The zero-order valence-corrected chi connectivity index (χ0v) is 51.1. The van der Waals surface area contributed by atoms with E-state index >= 15 is 9.59 Å². The van der Waals surface area contributed by atoms with Gasteiger partial charge in [-0.3, -0.25) is 9.69 Å². The zero-order chi connectivity index (χ0) is 54.9. The van der Waals surface area contributed by atoms with Gasteiger partial charge < -0.3 is 25.2 Å². The number of aliphatic hydroxyl groups is 1. The molecule has 10 fully saturated rings. The number of carbonyl (C=O) groups is 2. The molecule has 0 amide bonds. The second kappa shape index (κ2) is 17.2. The summed E-state index contributed by atoms with van der Waals surface area (Å²) in [5.41, 5.74) is 15.9. The average Bonchev–Trinajstić information content (AvgIpc) is 1.56. The number of rotatable bonds is 4. The summed E-state index contributed by atoms with van der Waals surface area (Å²) >= 11 is 0. The average molecular weight is 1150 g/mol. The normalized spacial score (nSPS) is 49.0. The Morgan fingerprint density at radius 3 is 2.48 bits per heavy atom. The van der Waals surface area contributed by atoms with E-state index < -0.39 is 16.4 Å². The van der Waals surface area contributed by atoms with E-state index in [0.29, 0.717) is 102 Å². The van der Waals surface area contributed by atoms with Crippen molar-refractivity contribution in [2.75, 3.05) is 31.1 Å². The van der Waals surface area contributed by atoms with Gasteiger partial charge in [0.1, 0.15) is 11.2 Å². The van der Waals surface area contributed by atoms with Gasteiger partial charge in [-0.25, -0.2) is 4.79 Å². The molecule has 18 aliphatic rings. The van der Waals surface area contributed by atoms with Crippen LogP contribution < -0.4 is 5.73 Å². The number of hydrogen-bond donors (Lipinski definition) is 2. The fraction of sp³-hybridized carbons (Fsp3) is 0.753. The fourth-order valence-electron chi connectivity index (χ4n) is 28.2. The van der Waals surface area contributed by atoms with Crippen molar-refractivity contribution in [3.8, 4) is 11.8 Å². The molecular formula is C73H89N3O5S2. The maximum Gasteiger partial charge on any atom is 0.339 e. The van der Waals surface area contributed by atoms with Crippen molar-refractivity contribution >= 4 is 33.5 Å². The third kappa shape index (κ3) is 5.83. The number of hydrogen-bond acceptors (Lipinski definition) is 10. The highest BCUT2D eigenvalue weighted by molar-refractivity contribution is 8.76. The quantitative estimate of drug-likeness (QED) is 0.131. The van der Waals surface area contributed by atoms with Gasteiger partial charge in [-0.15, -0.1) is 0 Å². The van der Waals surface area contributed by atoms with Gasteiger partial charge in [0.15, 0.2) is 11.4 Å². The maximum atomic E-state index is 17.5. The number of fused-ring (bicyclic) bond motifs is 14. The van der Waals surface area contributed by atoms with Crippen molar-refractivity contribution < 1.29 is 24.2 Å². The van der Waals surface area contributed by atoms with Crippen LogP contribution in [0.1, 0.15) is 194 Å². The Morgan fingerprint density at radius 2 is 1.65 bits per heavy atom. The molecule has 8 nitrogen and oxygen atoms in total. The first-order chi connectivity index (χ1) is 40.6. The molecule has 0 aromatic heterocycles. The second-order valence-corrected chi connectivity index (χ2v) is 35.1. The summed E-state index contributed by atoms with van der Waals surface area (Å²) < 4.78 is 15.6. The molecule has 4 saturated heterocycles. The summed E-state index contributed by atoms with van der Waals surface area (Å²) in [4.78, 5) is 39.8. The van der Waals surface area contributed by atoms with Crippen LogP contribution in [0.15, 0.2) is 57.7 Å². The molecule has 19 rings (SSSR count). The van der Waals surface area contributed by atoms with Crippen LogP contribution in [0, 0.1) is 116 Å².